The molecule has 1 atom stereocenters. The maximum absolute atomic E-state index is 10.5. The van der Waals surface area contributed by atoms with Gasteiger partial charge in [-0.25, -0.2) is 0 Å². The van der Waals surface area contributed by atoms with E-state index in [0.717, 1.165) is 0 Å². The topological polar surface area (TPSA) is 43.4 Å². The third-order valence-electron chi connectivity index (χ3n) is 0.863. The van der Waals surface area contributed by atoms with Crippen LogP contribution in [0.1, 0.15) is 13.8 Å². The zero-order chi connectivity index (χ0) is 7.28. The predicted molar refractivity (Wildman–Crippen MR) is 31.9 cm³/mol. The van der Waals surface area contributed by atoms with Gasteiger partial charge in [0.2, 0.25) is 0 Å². The van der Waals surface area contributed by atoms with Gasteiger partial charge in [0, 0.05) is 0 Å². The smallest absolute Gasteiger partial charge is 0.315 e. The van der Waals surface area contributed by atoms with Crippen molar-refractivity contribution in [1.82, 2.24) is 0 Å². The summed E-state index contributed by atoms with van der Waals surface area (Å²) >= 11 is 0. The van der Waals surface area contributed by atoms with Crippen molar-refractivity contribution in [2.75, 3.05) is 6.61 Å². The molecule has 52 valence electrons. The second-order valence-corrected chi connectivity index (χ2v) is 1.68. The number of ether oxygens (including phenoxy) is 1. The van der Waals surface area contributed by atoms with Crippen molar-refractivity contribution in [3.8, 4) is 0 Å². The molecule has 0 fully saturated rings. The first-order valence-corrected chi connectivity index (χ1v) is 2.84. The molecule has 0 aliphatic heterocycles. The number of aldehydes is 1. The Bertz CT molecular complexity index is 109. The highest BCUT2D eigenvalue weighted by molar-refractivity contribution is 5.87. The molecule has 3 heteroatoms. The molecule has 9 heavy (non-hydrogen) atoms. The Balaban J connectivity index is 3.58. The Kier molecular flexibility index (Phi) is 3.67. The molecule has 0 aliphatic carbocycles. The van der Waals surface area contributed by atoms with Gasteiger partial charge in [-0.15, -0.1) is 0 Å². The molecular weight excluding hydrogens is 120 g/mol. The van der Waals surface area contributed by atoms with Gasteiger partial charge in [0.05, 0.1) is 6.61 Å². The van der Waals surface area contributed by atoms with Crippen molar-refractivity contribution in [2.45, 2.75) is 13.8 Å². The number of hydrogen-bond acceptors (Lipinski definition) is 3. The summed E-state index contributed by atoms with van der Waals surface area (Å²) in [4.78, 5) is 20.4. The van der Waals surface area contributed by atoms with Gasteiger partial charge in [-0.1, -0.05) is 0 Å². The Labute approximate surface area is 54.0 Å². The maximum atomic E-state index is 10.5. The molecule has 0 saturated carbocycles. The van der Waals surface area contributed by atoms with Gasteiger partial charge in [-0.2, -0.15) is 0 Å². The fraction of sp³-hybridized carbons (Fsp3) is 0.667. The molecule has 0 aliphatic rings. The number of carbonyl (C=O) groups is 2. The largest absolute Gasteiger partial charge is 0.465 e. The molecule has 0 bridgehead atoms. The summed E-state index contributed by atoms with van der Waals surface area (Å²) in [6.45, 7) is 3.54. The van der Waals surface area contributed by atoms with Gasteiger partial charge in [-0.05, 0) is 13.8 Å². The van der Waals surface area contributed by atoms with Crippen LogP contribution in [-0.4, -0.2) is 18.9 Å². The first-order valence-electron chi connectivity index (χ1n) is 2.84. The Hall–Kier alpha value is -0.860. The van der Waals surface area contributed by atoms with Gasteiger partial charge >= 0.3 is 5.97 Å². The molecule has 0 rings (SSSR count). The van der Waals surface area contributed by atoms with Crippen LogP contribution in [0.15, 0.2) is 0 Å². The second kappa shape index (κ2) is 4.06. The van der Waals surface area contributed by atoms with Crippen LogP contribution < -0.4 is 0 Å². The standard InChI is InChI=1S/C6H10O3/c1-3-9-6(8)5(2)4-7/h4-5H,3H2,1-2H3/t5-/m0/s1. The summed E-state index contributed by atoms with van der Waals surface area (Å²) in [6.07, 6.45) is 0.567. The average Bonchev–Trinajstić information content (AvgIpc) is 1.87. The lowest BCUT2D eigenvalue weighted by Crippen LogP contribution is -2.15. The van der Waals surface area contributed by atoms with Crippen molar-refractivity contribution >= 4 is 12.3 Å². The zero-order valence-corrected chi connectivity index (χ0v) is 5.59. The minimum absolute atomic E-state index is 0.330. The predicted octanol–water partition coefficient (Wildman–Crippen LogP) is 0.385. The average molecular weight is 130 g/mol. The Morgan fingerprint density at radius 2 is 2.33 bits per heavy atom. The summed E-state index contributed by atoms with van der Waals surface area (Å²) in [6, 6.07) is 0. The maximum Gasteiger partial charge on any atom is 0.315 e. The highest BCUT2D eigenvalue weighted by atomic mass is 16.5. The summed E-state index contributed by atoms with van der Waals surface area (Å²) in [5.41, 5.74) is 0. The fourth-order valence-electron chi connectivity index (χ4n) is 0.329. The highest BCUT2D eigenvalue weighted by Gasteiger charge is 2.10. The Morgan fingerprint density at radius 1 is 1.78 bits per heavy atom. The van der Waals surface area contributed by atoms with Crippen LogP contribution >= 0.6 is 0 Å². The van der Waals surface area contributed by atoms with E-state index in [1.165, 1.54) is 6.92 Å². The van der Waals surface area contributed by atoms with E-state index in [1.54, 1.807) is 6.92 Å². The van der Waals surface area contributed by atoms with E-state index in [9.17, 15) is 9.59 Å². The van der Waals surface area contributed by atoms with E-state index in [-0.39, 0.29) is 0 Å². The second-order valence-electron chi connectivity index (χ2n) is 1.68. The lowest BCUT2D eigenvalue weighted by Gasteiger charge is -2.01. The van der Waals surface area contributed by atoms with Gasteiger partial charge in [0.1, 0.15) is 12.2 Å². The van der Waals surface area contributed by atoms with E-state index >= 15 is 0 Å². The molecule has 0 radical (unpaired) electrons. The summed E-state index contributed by atoms with van der Waals surface area (Å²) < 4.78 is 4.52. The number of esters is 1. The van der Waals surface area contributed by atoms with E-state index in [4.69, 9.17) is 0 Å². The van der Waals surface area contributed by atoms with Gasteiger partial charge in [0.25, 0.3) is 0 Å². The fourth-order valence-corrected chi connectivity index (χ4v) is 0.329. The van der Waals surface area contributed by atoms with E-state index in [1.807, 2.05) is 0 Å². The number of hydrogen-bond donors (Lipinski definition) is 0. The van der Waals surface area contributed by atoms with Crippen molar-refractivity contribution in [3.05, 3.63) is 0 Å². The van der Waals surface area contributed by atoms with Crippen LogP contribution in [0, 0.1) is 5.92 Å². The summed E-state index contributed by atoms with van der Waals surface area (Å²) in [5.74, 6) is -1.07. The molecule has 0 unspecified atom stereocenters. The number of carbonyl (C=O) groups excluding carboxylic acids is 2. The third-order valence-corrected chi connectivity index (χ3v) is 0.863. The van der Waals surface area contributed by atoms with Crippen molar-refractivity contribution < 1.29 is 14.3 Å². The van der Waals surface area contributed by atoms with E-state index in [0.29, 0.717) is 12.9 Å². The first-order chi connectivity index (χ1) is 4.22. The molecule has 0 heterocycles. The van der Waals surface area contributed by atoms with E-state index in [2.05, 4.69) is 4.74 Å². The van der Waals surface area contributed by atoms with Gasteiger partial charge < -0.3 is 9.53 Å². The normalized spacial score (nSPS) is 12.2. The molecule has 0 amide bonds. The Morgan fingerprint density at radius 3 is 2.67 bits per heavy atom. The van der Waals surface area contributed by atoms with Crippen molar-refractivity contribution in [1.29, 1.82) is 0 Å². The molecular formula is C6H10O3. The van der Waals surface area contributed by atoms with Gasteiger partial charge in [0.15, 0.2) is 0 Å². The van der Waals surface area contributed by atoms with Crippen LogP contribution in [0.5, 0.6) is 0 Å². The lowest BCUT2D eigenvalue weighted by atomic mass is 10.2. The van der Waals surface area contributed by atoms with Gasteiger partial charge in [-0.3, -0.25) is 4.79 Å². The molecule has 0 saturated heterocycles. The monoisotopic (exact) mass is 130 g/mol. The van der Waals surface area contributed by atoms with Crippen LogP contribution in [0.25, 0.3) is 0 Å². The molecule has 0 aromatic heterocycles. The van der Waals surface area contributed by atoms with E-state index < -0.39 is 11.9 Å². The SMILES string of the molecule is CCOC(=O)[C@@H](C)C=O. The highest BCUT2D eigenvalue weighted by Crippen LogP contribution is 1.92. The first kappa shape index (κ1) is 8.14. The molecule has 0 aromatic rings. The van der Waals surface area contributed by atoms with Crippen LogP contribution in [-0.2, 0) is 14.3 Å². The van der Waals surface area contributed by atoms with Crippen LogP contribution in [0.2, 0.25) is 0 Å². The minimum Gasteiger partial charge on any atom is -0.465 e. The molecule has 0 N–H and O–H groups in total. The molecule has 3 nitrogen and oxygen atoms in total. The molecule has 0 aromatic carbocycles. The summed E-state index contributed by atoms with van der Waals surface area (Å²) in [7, 11) is 0. The quantitative estimate of drug-likeness (QED) is 0.315. The number of rotatable bonds is 3. The van der Waals surface area contributed by atoms with Crippen LogP contribution in [0.4, 0.5) is 0 Å². The zero-order valence-electron chi connectivity index (χ0n) is 5.59. The van der Waals surface area contributed by atoms with Crippen molar-refractivity contribution in [3.63, 3.8) is 0 Å². The minimum atomic E-state index is -0.620. The molecule has 0 spiro atoms. The lowest BCUT2D eigenvalue weighted by molar-refractivity contribution is -0.148. The third kappa shape index (κ3) is 2.85. The van der Waals surface area contributed by atoms with Crippen LogP contribution in [0.3, 0.4) is 0 Å². The van der Waals surface area contributed by atoms with Crippen molar-refractivity contribution in [2.24, 2.45) is 5.92 Å². The summed E-state index contributed by atoms with van der Waals surface area (Å²) in [5, 5.41) is 0.